The van der Waals surface area contributed by atoms with Crippen LogP contribution >= 0.6 is 23.4 Å². The molecule has 3 aromatic carbocycles. The van der Waals surface area contributed by atoms with E-state index in [0.29, 0.717) is 33.3 Å². The van der Waals surface area contributed by atoms with Gasteiger partial charge in [0.1, 0.15) is 11.2 Å². The van der Waals surface area contributed by atoms with E-state index in [0.717, 1.165) is 5.56 Å². The van der Waals surface area contributed by atoms with Crippen LogP contribution in [-0.2, 0) is 4.79 Å². The van der Waals surface area contributed by atoms with Crippen molar-refractivity contribution in [2.45, 2.75) is 12.3 Å². The van der Waals surface area contributed by atoms with E-state index in [1.54, 1.807) is 60.4 Å². The first-order valence-electron chi connectivity index (χ1n) is 9.29. The Kier molecular flexibility index (Phi) is 5.79. The van der Waals surface area contributed by atoms with Gasteiger partial charge in [-0.3, -0.25) is 14.5 Å². The number of carbonyl (C=O) groups excluding carboxylic acids is 2. The summed E-state index contributed by atoms with van der Waals surface area (Å²) in [4.78, 5) is 26.5. The van der Waals surface area contributed by atoms with Gasteiger partial charge in [-0.05, 0) is 60.5 Å². The molecule has 2 amide bonds. The predicted molar refractivity (Wildman–Crippen MR) is 120 cm³/mol. The highest BCUT2D eigenvalue weighted by Crippen LogP contribution is 2.42. The Morgan fingerprint density at radius 1 is 1.13 bits per heavy atom. The van der Waals surface area contributed by atoms with Gasteiger partial charge < -0.3 is 5.32 Å². The number of hydrogen-bond donors (Lipinski definition) is 1. The van der Waals surface area contributed by atoms with Gasteiger partial charge in [0.15, 0.2) is 0 Å². The van der Waals surface area contributed by atoms with Crippen molar-refractivity contribution < 1.29 is 14.0 Å². The zero-order valence-electron chi connectivity index (χ0n) is 16.1. The molecule has 1 fully saturated rings. The standard InChI is InChI=1S/C23H18ClFN2O2S/c1-14-5-10-19(12-20(14)25)27-21(28)13-30-23(27)15-6-8-18(9-7-15)26-22(29)16-3-2-4-17(24)11-16/h2-12,23H,13H2,1H3,(H,26,29). The van der Waals surface area contributed by atoms with Crippen LogP contribution in [0.2, 0.25) is 5.02 Å². The number of carbonyl (C=O) groups is 2. The minimum Gasteiger partial charge on any atom is -0.322 e. The molecule has 1 heterocycles. The maximum absolute atomic E-state index is 14.0. The molecule has 1 aliphatic rings. The maximum atomic E-state index is 14.0. The van der Waals surface area contributed by atoms with Gasteiger partial charge >= 0.3 is 0 Å². The van der Waals surface area contributed by atoms with E-state index in [1.165, 1.54) is 17.8 Å². The molecule has 0 saturated carbocycles. The van der Waals surface area contributed by atoms with Crippen molar-refractivity contribution in [1.29, 1.82) is 0 Å². The fraction of sp³-hybridized carbons (Fsp3) is 0.130. The van der Waals surface area contributed by atoms with Crippen LogP contribution in [-0.4, -0.2) is 17.6 Å². The number of aryl methyl sites for hydroxylation is 1. The van der Waals surface area contributed by atoms with Crippen molar-refractivity contribution >= 4 is 46.6 Å². The molecule has 0 radical (unpaired) electrons. The van der Waals surface area contributed by atoms with Crippen molar-refractivity contribution in [2.75, 3.05) is 16.0 Å². The predicted octanol–water partition coefficient (Wildman–Crippen LogP) is 5.82. The Balaban J connectivity index is 1.53. The summed E-state index contributed by atoms with van der Waals surface area (Å²) in [5.41, 5.74) is 3.07. The lowest BCUT2D eigenvalue weighted by atomic mass is 10.1. The molecule has 4 nitrogen and oxygen atoms in total. The molecule has 1 aliphatic heterocycles. The first-order valence-corrected chi connectivity index (χ1v) is 10.7. The molecule has 152 valence electrons. The number of hydrogen-bond acceptors (Lipinski definition) is 3. The zero-order chi connectivity index (χ0) is 21.3. The lowest BCUT2D eigenvalue weighted by Crippen LogP contribution is -2.28. The Morgan fingerprint density at radius 3 is 2.60 bits per heavy atom. The number of halogens is 2. The summed E-state index contributed by atoms with van der Waals surface area (Å²) in [5.74, 6) is -0.331. The lowest BCUT2D eigenvalue weighted by Gasteiger charge is -2.25. The van der Waals surface area contributed by atoms with Crippen LogP contribution in [0.5, 0.6) is 0 Å². The SMILES string of the molecule is Cc1ccc(N2C(=O)CSC2c2ccc(NC(=O)c3cccc(Cl)c3)cc2)cc1F. The van der Waals surface area contributed by atoms with Crippen molar-refractivity contribution in [1.82, 2.24) is 0 Å². The molecule has 1 N–H and O–H groups in total. The second-order valence-corrected chi connectivity index (χ2v) is 8.45. The van der Waals surface area contributed by atoms with Gasteiger partial charge in [0.2, 0.25) is 5.91 Å². The minimum atomic E-state index is -0.338. The summed E-state index contributed by atoms with van der Waals surface area (Å²) in [6, 6.07) is 18.8. The molecule has 0 aliphatic carbocycles. The molecule has 0 aromatic heterocycles. The molecule has 0 bridgehead atoms. The van der Waals surface area contributed by atoms with E-state index >= 15 is 0 Å². The molecule has 1 unspecified atom stereocenters. The minimum absolute atomic E-state index is 0.0633. The molecule has 3 aromatic rings. The summed E-state index contributed by atoms with van der Waals surface area (Å²) < 4.78 is 14.0. The summed E-state index contributed by atoms with van der Waals surface area (Å²) in [6.45, 7) is 1.69. The van der Waals surface area contributed by atoms with E-state index in [-0.39, 0.29) is 23.0 Å². The van der Waals surface area contributed by atoms with Crippen molar-refractivity contribution in [3.63, 3.8) is 0 Å². The number of nitrogens with zero attached hydrogens (tertiary/aromatic N) is 1. The summed E-state index contributed by atoms with van der Waals surface area (Å²) in [7, 11) is 0. The molecule has 0 spiro atoms. The van der Waals surface area contributed by atoms with Gasteiger partial charge in [-0.25, -0.2) is 4.39 Å². The van der Waals surface area contributed by atoms with E-state index in [1.807, 2.05) is 12.1 Å². The van der Waals surface area contributed by atoms with Crippen LogP contribution in [0.3, 0.4) is 0 Å². The van der Waals surface area contributed by atoms with Gasteiger partial charge in [0.25, 0.3) is 5.91 Å². The van der Waals surface area contributed by atoms with Crippen LogP contribution in [0.1, 0.15) is 26.9 Å². The Bertz CT molecular complexity index is 1120. The third-order valence-electron chi connectivity index (χ3n) is 4.84. The molecular formula is C23H18ClFN2O2S. The Morgan fingerprint density at radius 2 is 1.90 bits per heavy atom. The van der Waals surface area contributed by atoms with Gasteiger partial charge in [-0.15, -0.1) is 11.8 Å². The second-order valence-electron chi connectivity index (χ2n) is 6.95. The fourth-order valence-corrected chi connectivity index (χ4v) is 4.61. The summed E-state index contributed by atoms with van der Waals surface area (Å²) >= 11 is 7.43. The van der Waals surface area contributed by atoms with E-state index in [4.69, 9.17) is 11.6 Å². The molecule has 7 heteroatoms. The average Bonchev–Trinajstić information content (AvgIpc) is 3.12. The lowest BCUT2D eigenvalue weighted by molar-refractivity contribution is -0.115. The number of benzene rings is 3. The van der Waals surface area contributed by atoms with Crippen LogP contribution < -0.4 is 10.2 Å². The van der Waals surface area contributed by atoms with Crippen molar-refractivity contribution in [3.05, 3.63) is 94.3 Å². The Hall–Kier alpha value is -2.83. The monoisotopic (exact) mass is 440 g/mol. The highest BCUT2D eigenvalue weighted by atomic mass is 35.5. The smallest absolute Gasteiger partial charge is 0.255 e. The highest BCUT2D eigenvalue weighted by molar-refractivity contribution is 8.00. The Labute approximate surface area is 183 Å². The van der Waals surface area contributed by atoms with Crippen LogP contribution in [0.15, 0.2) is 66.7 Å². The normalized spacial score (nSPS) is 16.0. The van der Waals surface area contributed by atoms with E-state index in [9.17, 15) is 14.0 Å². The maximum Gasteiger partial charge on any atom is 0.255 e. The highest BCUT2D eigenvalue weighted by Gasteiger charge is 2.34. The quantitative estimate of drug-likeness (QED) is 0.556. The van der Waals surface area contributed by atoms with Gasteiger partial charge in [0, 0.05) is 22.0 Å². The third kappa shape index (κ3) is 4.20. The largest absolute Gasteiger partial charge is 0.322 e. The summed E-state index contributed by atoms with van der Waals surface area (Å²) in [5, 5.41) is 3.08. The molecular weight excluding hydrogens is 423 g/mol. The number of anilines is 2. The molecule has 4 rings (SSSR count). The molecule has 1 saturated heterocycles. The van der Waals surface area contributed by atoms with Crippen LogP contribution in [0, 0.1) is 12.7 Å². The first kappa shape index (κ1) is 20.4. The number of thioether (sulfide) groups is 1. The van der Waals surface area contributed by atoms with Crippen LogP contribution in [0.4, 0.5) is 15.8 Å². The van der Waals surface area contributed by atoms with Gasteiger partial charge in [0.05, 0.1) is 5.75 Å². The average molecular weight is 441 g/mol. The van der Waals surface area contributed by atoms with Crippen LogP contribution in [0.25, 0.3) is 0 Å². The number of rotatable bonds is 4. The molecule has 30 heavy (non-hydrogen) atoms. The first-order chi connectivity index (χ1) is 14.4. The van der Waals surface area contributed by atoms with Crippen molar-refractivity contribution in [2.24, 2.45) is 0 Å². The van der Waals surface area contributed by atoms with E-state index in [2.05, 4.69) is 5.32 Å². The third-order valence-corrected chi connectivity index (χ3v) is 6.29. The van der Waals surface area contributed by atoms with Gasteiger partial charge in [-0.1, -0.05) is 35.9 Å². The second kappa shape index (κ2) is 8.50. The number of nitrogens with one attached hydrogen (secondary N) is 1. The van der Waals surface area contributed by atoms with Gasteiger partial charge in [-0.2, -0.15) is 0 Å². The molecule has 1 atom stereocenters. The van der Waals surface area contributed by atoms with E-state index < -0.39 is 0 Å². The topological polar surface area (TPSA) is 49.4 Å². The van der Waals surface area contributed by atoms with Crippen molar-refractivity contribution in [3.8, 4) is 0 Å². The number of amides is 2. The summed E-state index contributed by atoms with van der Waals surface area (Å²) in [6.07, 6.45) is 0. The fourth-order valence-electron chi connectivity index (χ4n) is 3.25. The zero-order valence-corrected chi connectivity index (χ0v) is 17.6.